The Kier molecular flexibility index (Phi) is 4.57. The topological polar surface area (TPSA) is 35.2 Å². The minimum Gasteiger partial charge on any atom is -0.375 e. The van der Waals surface area contributed by atoms with Crippen LogP contribution in [0.15, 0.2) is 0 Å². The molecule has 0 radical (unpaired) electrons. The van der Waals surface area contributed by atoms with E-state index in [4.69, 9.17) is 10.5 Å². The van der Waals surface area contributed by atoms with Crippen molar-refractivity contribution in [1.29, 1.82) is 0 Å². The maximum atomic E-state index is 6.10. The van der Waals surface area contributed by atoms with Crippen molar-refractivity contribution in [3.8, 4) is 0 Å². The molecule has 2 aliphatic heterocycles. The monoisotopic (exact) mass is 243 g/mol. The van der Waals surface area contributed by atoms with Crippen molar-refractivity contribution in [2.45, 2.75) is 57.1 Å². The van der Waals surface area contributed by atoms with Crippen molar-refractivity contribution in [3.05, 3.63) is 0 Å². The summed E-state index contributed by atoms with van der Waals surface area (Å²) in [5, 5.41) is 0. The van der Waals surface area contributed by atoms with Gasteiger partial charge in [-0.3, -0.25) is 0 Å². The van der Waals surface area contributed by atoms with Crippen LogP contribution in [0.25, 0.3) is 0 Å². The fraction of sp³-hybridized carbons (Fsp3) is 1.00. The van der Waals surface area contributed by atoms with E-state index < -0.39 is 0 Å². The molecule has 3 heteroatoms. The quantitative estimate of drug-likeness (QED) is 0.828. The number of nitrogens with two attached hydrogens (primary N) is 1. The maximum Gasteiger partial charge on any atom is 0.0700 e. The van der Waals surface area contributed by atoms with E-state index in [-0.39, 0.29) is 5.60 Å². The average Bonchev–Trinajstić information content (AvgIpc) is 2.28. The zero-order valence-electron chi connectivity index (χ0n) is 10.4. The molecule has 2 fully saturated rings. The average molecular weight is 243 g/mol. The van der Waals surface area contributed by atoms with E-state index in [0.29, 0.717) is 6.04 Å². The van der Waals surface area contributed by atoms with E-state index >= 15 is 0 Å². The first-order valence-corrected chi connectivity index (χ1v) is 7.83. The van der Waals surface area contributed by atoms with Crippen LogP contribution >= 0.6 is 11.8 Å². The van der Waals surface area contributed by atoms with Gasteiger partial charge in [0.05, 0.1) is 5.60 Å². The van der Waals surface area contributed by atoms with Crippen molar-refractivity contribution in [2.24, 2.45) is 11.7 Å². The number of rotatable bonds is 3. The van der Waals surface area contributed by atoms with Gasteiger partial charge in [0.2, 0.25) is 0 Å². The second kappa shape index (κ2) is 5.74. The minimum absolute atomic E-state index is 0.256. The summed E-state index contributed by atoms with van der Waals surface area (Å²) in [5.74, 6) is 3.45. The third-order valence-electron chi connectivity index (χ3n) is 4.03. The first kappa shape index (κ1) is 12.7. The smallest absolute Gasteiger partial charge is 0.0700 e. The predicted octanol–water partition coefficient (Wildman–Crippen LogP) is 2.81. The molecule has 2 saturated heterocycles. The summed E-state index contributed by atoms with van der Waals surface area (Å²) in [4.78, 5) is 0. The SMILES string of the molecule is CC(N)CCC1CCOC2(CCSCC2)C1. The molecule has 2 aliphatic rings. The van der Waals surface area contributed by atoms with Gasteiger partial charge in [0.1, 0.15) is 0 Å². The zero-order chi connectivity index (χ0) is 11.4. The predicted molar refractivity (Wildman–Crippen MR) is 70.8 cm³/mol. The van der Waals surface area contributed by atoms with Crippen LogP contribution in [0, 0.1) is 5.92 Å². The highest BCUT2D eigenvalue weighted by Gasteiger charge is 2.38. The standard InChI is InChI=1S/C13H25NOS/c1-11(14)2-3-12-4-7-15-13(10-12)5-8-16-9-6-13/h11-12H,2-10,14H2,1H3. The molecule has 16 heavy (non-hydrogen) atoms. The van der Waals surface area contributed by atoms with E-state index in [2.05, 4.69) is 18.7 Å². The van der Waals surface area contributed by atoms with Crippen LogP contribution in [-0.4, -0.2) is 29.8 Å². The van der Waals surface area contributed by atoms with Crippen molar-refractivity contribution in [2.75, 3.05) is 18.1 Å². The van der Waals surface area contributed by atoms with Crippen molar-refractivity contribution < 1.29 is 4.74 Å². The highest BCUT2D eigenvalue weighted by atomic mass is 32.2. The molecule has 2 atom stereocenters. The number of hydrogen-bond donors (Lipinski definition) is 1. The normalized spacial score (nSPS) is 31.5. The highest BCUT2D eigenvalue weighted by Crippen LogP contribution is 2.40. The lowest BCUT2D eigenvalue weighted by atomic mass is 9.80. The van der Waals surface area contributed by atoms with Gasteiger partial charge in [0, 0.05) is 12.6 Å². The number of hydrogen-bond acceptors (Lipinski definition) is 3. The first-order chi connectivity index (χ1) is 7.70. The summed E-state index contributed by atoms with van der Waals surface area (Å²) in [7, 11) is 0. The summed E-state index contributed by atoms with van der Waals surface area (Å²) >= 11 is 2.08. The van der Waals surface area contributed by atoms with E-state index in [0.717, 1.165) is 12.5 Å². The fourth-order valence-electron chi connectivity index (χ4n) is 2.97. The summed E-state index contributed by atoms with van der Waals surface area (Å²) in [6.07, 6.45) is 7.56. The summed E-state index contributed by atoms with van der Waals surface area (Å²) in [6, 6.07) is 0.362. The van der Waals surface area contributed by atoms with Gasteiger partial charge in [-0.15, -0.1) is 0 Å². The van der Waals surface area contributed by atoms with Crippen LogP contribution in [-0.2, 0) is 4.74 Å². The molecule has 0 aromatic heterocycles. The Hall–Kier alpha value is 0.270. The molecule has 2 N–H and O–H groups in total. The van der Waals surface area contributed by atoms with Gasteiger partial charge >= 0.3 is 0 Å². The van der Waals surface area contributed by atoms with E-state index in [1.807, 2.05) is 0 Å². The lowest BCUT2D eigenvalue weighted by molar-refractivity contribution is -0.103. The molecule has 94 valence electrons. The van der Waals surface area contributed by atoms with Crippen LogP contribution < -0.4 is 5.73 Å². The Balaban J connectivity index is 1.83. The molecule has 2 rings (SSSR count). The molecule has 0 saturated carbocycles. The van der Waals surface area contributed by atoms with Crippen LogP contribution in [0.2, 0.25) is 0 Å². The molecular weight excluding hydrogens is 218 g/mol. The van der Waals surface area contributed by atoms with Crippen molar-refractivity contribution in [3.63, 3.8) is 0 Å². The Morgan fingerprint density at radius 3 is 2.88 bits per heavy atom. The molecule has 1 spiro atoms. The van der Waals surface area contributed by atoms with Gasteiger partial charge in [0.25, 0.3) is 0 Å². The molecule has 0 aliphatic carbocycles. The third-order valence-corrected chi connectivity index (χ3v) is 5.01. The van der Waals surface area contributed by atoms with Crippen molar-refractivity contribution in [1.82, 2.24) is 0 Å². The van der Waals surface area contributed by atoms with Crippen LogP contribution in [0.4, 0.5) is 0 Å². The molecule has 0 amide bonds. The zero-order valence-corrected chi connectivity index (χ0v) is 11.2. The molecule has 2 nitrogen and oxygen atoms in total. The third kappa shape index (κ3) is 3.38. The second-order valence-corrected chi connectivity index (χ2v) is 6.78. The van der Waals surface area contributed by atoms with Gasteiger partial charge in [-0.1, -0.05) is 0 Å². The summed E-state index contributed by atoms with van der Waals surface area (Å²) in [6.45, 7) is 3.10. The van der Waals surface area contributed by atoms with E-state index in [1.54, 1.807) is 0 Å². The van der Waals surface area contributed by atoms with Gasteiger partial charge < -0.3 is 10.5 Å². The summed E-state index contributed by atoms with van der Waals surface area (Å²) < 4.78 is 6.10. The van der Waals surface area contributed by atoms with Gasteiger partial charge in [-0.05, 0) is 62.9 Å². The lowest BCUT2D eigenvalue weighted by Crippen LogP contribution is -2.43. The van der Waals surface area contributed by atoms with Crippen LogP contribution in [0.1, 0.15) is 45.4 Å². The van der Waals surface area contributed by atoms with Crippen molar-refractivity contribution >= 4 is 11.8 Å². The molecule has 0 aromatic rings. The lowest BCUT2D eigenvalue weighted by Gasteiger charge is -2.43. The van der Waals surface area contributed by atoms with E-state index in [1.165, 1.54) is 50.0 Å². The first-order valence-electron chi connectivity index (χ1n) is 6.67. The maximum absolute atomic E-state index is 6.10. The fourth-order valence-corrected chi connectivity index (χ4v) is 4.20. The molecule has 2 heterocycles. The molecule has 2 unspecified atom stereocenters. The minimum atomic E-state index is 0.256. The van der Waals surface area contributed by atoms with E-state index in [9.17, 15) is 0 Å². The van der Waals surface area contributed by atoms with Gasteiger partial charge in [-0.2, -0.15) is 11.8 Å². The van der Waals surface area contributed by atoms with Crippen LogP contribution in [0.3, 0.4) is 0 Å². The number of ether oxygens (including phenoxy) is 1. The molecular formula is C13H25NOS. The van der Waals surface area contributed by atoms with Gasteiger partial charge in [-0.25, -0.2) is 0 Å². The van der Waals surface area contributed by atoms with Gasteiger partial charge in [0.15, 0.2) is 0 Å². The Morgan fingerprint density at radius 2 is 2.19 bits per heavy atom. The molecule has 0 aromatic carbocycles. The largest absolute Gasteiger partial charge is 0.375 e. The Labute approximate surface area is 104 Å². The Bertz CT molecular complexity index is 208. The number of thioether (sulfide) groups is 1. The summed E-state index contributed by atoms with van der Waals surface area (Å²) in [5.41, 5.74) is 6.10. The Morgan fingerprint density at radius 1 is 1.44 bits per heavy atom. The second-order valence-electron chi connectivity index (χ2n) is 5.56. The van der Waals surface area contributed by atoms with Crippen LogP contribution in [0.5, 0.6) is 0 Å². The molecule has 0 bridgehead atoms. The highest BCUT2D eigenvalue weighted by molar-refractivity contribution is 7.99.